The van der Waals surface area contributed by atoms with Gasteiger partial charge in [-0.1, -0.05) is 23.8 Å². The zero-order valence-electron chi connectivity index (χ0n) is 24.9. The number of amides is 3. The minimum Gasteiger partial charge on any atom is -0.497 e. The number of hydrogen-bond donors (Lipinski definition) is 4. The van der Waals surface area contributed by atoms with Crippen LogP contribution in [0.15, 0.2) is 35.9 Å². The van der Waals surface area contributed by atoms with Gasteiger partial charge in [-0.3, -0.25) is 19.2 Å². The highest BCUT2D eigenvalue weighted by Gasteiger charge is 2.50. The summed E-state index contributed by atoms with van der Waals surface area (Å²) < 4.78 is 10.7. The molecule has 3 aliphatic rings. The van der Waals surface area contributed by atoms with Crippen molar-refractivity contribution in [3.63, 3.8) is 0 Å². The number of nitrogens with one attached hydrogen (secondary N) is 3. The summed E-state index contributed by atoms with van der Waals surface area (Å²) in [6.07, 6.45) is 8.63. The average Bonchev–Trinajstić information content (AvgIpc) is 3.75. The topological polar surface area (TPSA) is 146 Å². The third-order valence-electron chi connectivity index (χ3n) is 8.63. The van der Waals surface area contributed by atoms with Gasteiger partial charge in [-0.05, 0) is 89.3 Å². The molecule has 4 rings (SSSR count). The quantitative estimate of drug-likeness (QED) is 0.206. The molecule has 0 radical (unpaired) electrons. The van der Waals surface area contributed by atoms with Crippen molar-refractivity contribution in [2.45, 2.75) is 108 Å². The molecule has 1 aromatic carbocycles. The summed E-state index contributed by atoms with van der Waals surface area (Å²) in [4.78, 5) is 53.2. The van der Waals surface area contributed by atoms with Crippen molar-refractivity contribution >= 4 is 23.5 Å². The summed E-state index contributed by atoms with van der Waals surface area (Å²) in [6.45, 7) is 3.64. The normalized spacial score (nSPS) is 25.7. The van der Waals surface area contributed by atoms with Crippen molar-refractivity contribution in [2.75, 3.05) is 13.7 Å². The summed E-state index contributed by atoms with van der Waals surface area (Å²) in [5, 5.41) is 18.3. The zero-order chi connectivity index (χ0) is 30.3. The van der Waals surface area contributed by atoms with E-state index in [1.54, 1.807) is 33.1 Å². The average molecular weight is 584 g/mol. The lowest BCUT2D eigenvalue weighted by Crippen LogP contribution is -2.57. The molecule has 2 aliphatic carbocycles. The fourth-order valence-electron chi connectivity index (χ4n) is 5.69. The second-order valence-electron chi connectivity index (χ2n) is 12.1. The molecule has 1 saturated carbocycles. The van der Waals surface area contributed by atoms with Gasteiger partial charge >= 0.3 is 0 Å². The van der Waals surface area contributed by atoms with Gasteiger partial charge in [-0.25, -0.2) is 0 Å². The van der Waals surface area contributed by atoms with Crippen LogP contribution in [0.25, 0.3) is 0 Å². The molecule has 0 aromatic heterocycles. The van der Waals surface area contributed by atoms with E-state index in [4.69, 9.17) is 9.47 Å². The molecule has 42 heavy (non-hydrogen) atoms. The number of ether oxygens (including phenoxy) is 2. The van der Waals surface area contributed by atoms with E-state index in [9.17, 15) is 24.3 Å². The van der Waals surface area contributed by atoms with Gasteiger partial charge in [0.2, 0.25) is 17.7 Å². The first kappa shape index (κ1) is 31.7. The number of hydrogen-bond acceptors (Lipinski definition) is 7. The van der Waals surface area contributed by atoms with Crippen LogP contribution in [-0.2, 0) is 30.3 Å². The highest BCUT2D eigenvalue weighted by molar-refractivity contribution is 5.98. The first-order chi connectivity index (χ1) is 20.1. The van der Waals surface area contributed by atoms with Gasteiger partial charge in [0.25, 0.3) is 0 Å². The van der Waals surface area contributed by atoms with Crippen molar-refractivity contribution in [2.24, 2.45) is 5.92 Å². The summed E-state index contributed by atoms with van der Waals surface area (Å²) >= 11 is 0. The van der Waals surface area contributed by atoms with Crippen LogP contribution in [0.5, 0.6) is 5.75 Å². The largest absolute Gasteiger partial charge is 0.497 e. The maximum atomic E-state index is 13.8. The van der Waals surface area contributed by atoms with Crippen LogP contribution in [0.3, 0.4) is 0 Å². The second-order valence-corrected chi connectivity index (χ2v) is 12.1. The number of ketones is 1. The fourth-order valence-corrected chi connectivity index (χ4v) is 5.69. The number of epoxide rings is 1. The number of aliphatic hydroxyl groups is 1. The number of carbonyl (C=O) groups excluding carboxylic acids is 4. The van der Waals surface area contributed by atoms with E-state index in [-0.39, 0.29) is 30.1 Å². The number of carbonyl (C=O) groups is 4. The smallest absolute Gasteiger partial charge is 0.243 e. The van der Waals surface area contributed by atoms with Crippen molar-refractivity contribution in [1.29, 1.82) is 0 Å². The molecule has 4 N–H and O–H groups in total. The Morgan fingerprint density at radius 2 is 1.64 bits per heavy atom. The molecule has 1 aromatic rings. The highest BCUT2D eigenvalue weighted by Crippen LogP contribution is 2.31. The number of rotatable bonds is 13. The Morgan fingerprint density at radius 3 is 2.24 bits per heavy atom. The van der Waals surface area contributed by atoms with Crippen LogP contribution in [0.1, 0.15) is 77.2 Å². The van der Waals surface area contributed by atoms with Gasteiger partial charge in [0.15, 0.2) is 5.78 Å². The van der Waals surface area contributed by atoms with Crippen LogP contribution in [0, 0.1) is 5.92 Å². The predicted octanol–water partition coefficient (Wildman–Crippen LogP) is 2.51. The van der Waals surface area contributed by atoms with E-state index in [1.807, 2.05) is 12.1 Å². The van der Waals surface area contributed by atoms with Crippen LogP contribution in [-0.4, -0.2) is 72.2 Å². The van der Waals surface area contributed by atoms with Gasteiger partial charge in [0.1, 0.15) is 23.4 Å². The molecule has 10 nitrogen and oxygen atoms in total. The minimum atomic E-state index is -0.987. The Labute approximate surface area is 248 Å². The predicted molar refractivity (Wildman–Crippen MR) is 157 cm³/mol. The van der Waals surface area contributed by atoms with Crippen molar-refractivity contribution in [1.82, 2.24) is 16.0 Å². The van der Waals surface area contributed by atoms with Crippen LogP contribution < -0.4 is 20.7 Å². The van der Waals surface area contributed by atoms with Crippen LogP contribution in [0.2, 0.25) is 0 Å². The summed E-state index contributed by atoms with van der Waals surface area (Å²) in [5.74, 6) is -0.963. The van der Waals surface area contributed by atoms with Crippen molar-refractivity contribution in [3.8, 4) is 5.75 Å². The zero-order valence-corrected chi connectivity index (χ0v) is 24.9. The van der Waals surface area contributed by atoms with Crippen LogP contribution in [0.4, 0.5) is 0 Å². The molecule has 230 valence electrons. The minimum absolute atomic E-state index is 0.171. The first-order valence-corrected chi connectivity index (χ1v) is 15.2. The Kier molecular flexibility index (Phi) is 10.8. The molecule has 0 bridgehead atoms. The first-order valence-electron chi connectivity index (χ1n) is 15.2. The summed E-state index contributed by atoms with van der Waals surface area (Å²) in [5.41, 5.74) is 1.03. The number of Topliss-reactive ketones (excluding diaryl/α,β-unsaturated/α-hetero) is 1. The molecule has 1 saturated heterocycles. The van der Waals surface area contributed by atoms with E-state index >= 15 is 0 Å². The number of allylic oxidation sites excluding steroid dienone is 1. The van der Waals surface area contributed by atoms with Crippen molar-refractivity contribution < 1.29 is 33.8 Å². The van der Waals surface area contributed by atoms with E-state index in [2.05, 4.69) is 22.0 Å². The van der Waals surface area contributed by atoms with Gasteiger partial charge < -0.3 is 30.5 Å². The van der Waals surface area contributed by atoms with Crippen LogP contribution >= 0.6 is 0 Å². The number of aliphatic hydroxyl groups excluding tert-OH is 1. The molecule has 2 fully saturated rings. The van der Waals surface area contributed by atoms with Gasteiger partial charge in [0, 0.05) is 12.3 Å². The lowest BCUT2D eigenvalue weighted by atomic mass is 9.87. The molecule has 0 spiro atoms. The lowest BCUT2D eigenvalue weighted by Gasteiger charge is -2.27. The molecular weight excluding hydrogens is 538 g/mol. The maximum Gasteiger partial charge on any atom is 0.243 e. The fraction of sp³-hybridized carbons (Fsp3) is 0.625. The third kappa shape index (κ3) is 8.64. The SMILES string of the molecule is COc1ccc(CC(NC(=O)C(C)NC(=O)C2CCC(O)CC2)C(=O)NC(CC2=CCCCC2)C(=O)C2(C)CO2)cc1. The Morgan fingerprint density at radius 1 is 0.976 bits per heavy atom. The Balaban J connectivity index is 1.47. The third-order valence-corrected chi connectivity index (χ3v) is 8.63. The number of benzene rings is 1. The summed E-state index contributed by atoms with van der Waals surface area (Å²) in [7, 11) is 1.57. The Hall–Kier alpha value is -3.24. The summed E-state index contributed by atoms with van der Waals surface area (Å²) in [6, 6.07) is 4.57. The lowest BCUT2D eigenvalue weighted by molar-refractivity contribution is -0.134. The molecule has 4 atom stereocenters. The van der Waals surface area contributed by atoms with E-state index < -0.39 is 35.5 Å². The van der Waals surface area contributed by atoms with E-state index in [0.717, 1.165) is 36.8 Å². The monoisotopic (exact) mass is 583 g/mol. The highest BCUT2D eigenvalue weighted by atomic mass is 16.6. The Bertz CT molecular complexity index is 1150. The van der Waals surface area contributed by atoms with Gasteiger partial charge in [-0.15, -0.1) is 0 Å². The molecule has 1 aliphatic heterocycles. The molecule has 10 heteroatoms. The standard InChI is InChI=1S/C32H45N3O7/c1-20(33-30(39)23-11-13-24(36)14-12-23)29(38)35-27(18-22-9-15-25(41-3)16-10-22)31(40)34-26(28(37)32(2)19-42-32)17-21-7-5-4-6-8-21/h7,9-10,15-16,20,23-24,26-27,36H,4-6,8,11-14,17-19H2,1-3H3,(H,33,39)(H,34,40)(H,35,38). The van der Waals surface area contributed by atoms with Gasteiger partial charge in [0.05, 0.1) is 25.9 Å². The molecule has 3 amide bonds. The molecule has 1 heterocycles. The maximum absolute atomic E-state index is 13.8. The van der Waals surface area contributed by atoms with Crippen molar-refractivity contribution in [3.05, 3.63) is 41.5 Å². The second kappa shape index (κ2) is 14.3. The molecule has 4 unspecified atom stereocenters. The molecular formula is C32H45N3O7. The number of methoxy groups -OCH3 is 1. The van der Waals surface area contributed by atoms with Gasteiger partial charge in [-0.2, -0.15) is 0 Å². The van der Waals surface area contributed by atoms with E-state index in [0.29, 0.717) is 44.5 Å². The van der Waals surface area contributed by atoms with E-state index in [1.165, 1.54) is 0 Å².